The topological polar surface area (TPSA) is 183 Å². The number of nitrogens with one attached hydrogen (secondary N) is 4. The number of aliphatic hydroxyl groups excluding tert-OH is 1. The summed E-state index contributed by atoms with van der Waals surface area (Å²) in [4.78, 5) is 78.0. The minimum atomic E-state index is -1.39. The summed E-state index contributed by atoms with van der Waals surface area (Å²) in [7, 11) is 0. The van der Waals surface area contributed by atoms with Crippen molar-refractivity contribution in [1.29, 1.82) is 0 Å². The van der Waals surface area contributed by atoms with Crippen LogP contribution < -0.4 is 21.3 Å². The Hall–Kier alpha value is -3.45. The van der Waals surface area contributed by atoms with Crippen molar-refractivity contribution in [2.45, 2.75) is 141 Å². The summed E-state index contributed by atoms with van der Waals surface area (Å²) in [5, 5.41) is 23.2. The fourth-order valence-corrected chi connectivity index (χ4v) is 8.42. The van der Waals surface area contributed by atoms with Gasteiger partial charge in [0.2, 0.25) is 11.8 Å². The number of hydrogen-bond donors (Lipinski definition) is 5. The highest BCUT2D eigenvalue weighted by molar-refractivity contribution is 5.95. The SMILES string of the molecule is CCCC(NC(=O)C1C2CCCC2CN1C(=O)C(NCC(C=O)(NC(=O)c1cnccn1)C1CCCCC1)C(C)(C)C)C(O)C(=O)NC1CC1. The highest BCUT2D eigenvalue weighted by atomic mass is 16.3. The number of fused-ring (bicyclic) bond motifs is 1. The second-order valence-electron chi connectivity index (χ2n) is 16.1. The third kappa shape index (κ3) is 8.70. The van der Waals surface area contributed by atoms with E-state index in [2.05, 4.69) is 31.2 Å². The average molecular weight is 696 g/mol. The number of rotatable bonds is 15. The van der Waals surface area contributed by atoms with E-state index in [-0.39, 0.29) is 47.8 Å². The molecule has 1 aromatic heterocycles. The third-order valence-corrected chi connectivity index (χ3v) is 11.3. The van der Waals surface area contributed by atoms with Gasteiger partial charge in [-0.1, -0.05) is 59.8 Å². The van der Waals surface area contributed by atoms with Crippen molar-refractivity contribution >= 4 is 29.9 Å². The molecule has 4 fully saturated rings. The molecule has 7 atom stereocenters. The maximum absolute atomic E-state index is 14.7. The molecule has 7 unspecified atom stereocenters. The summed E-state index contributed by atoms with van der Waals surface area (Å²) >= 11 is 0. The molecule has 276 valence electrons. The number of aliphatic hydroxyl groups is 1. The molecule has 4 aliphatic rings. The Morgan fingerprint density at radius 1 is 1.02 bits per heavy atom. The van der Waals surface area contributed by atoms with E-state index in [1.807, 2.05) is 27.7 Å². The van der Waals surface area contributed by atoms with E-state index in [0.717, 1.165) is 70.5 Å². The first-order valence-electron chi connectivity index (χ1n) is 18.8. The van der Waals surface area contributed by atoms with Crippen LogP contribution in [0.25, 0.3) is 0 Å². The van der Waals surface area contributed by atoms with Crippen molar-refractivity contribution in [2.75, 3.05) is 13.1 Å². The Bertz CT molecular complexity index is 1360. The lowest BCUT2D eigenvalue weighted by Crippen LogP contribution is -2.65. The monoisotopic (exact) mass is 695 g/mol. The Labute approximate surface area is 295 Å². The van der Waals surface area contributed by atoms with Crippen molar-refractivity contribution in [3.8, 4) is 0 Å². The molecule has 5 rings (SSSR count). The van der Waals surface area contributed by atoms with Crippen LogP contribution in [-0.2, 0) is 19.2 Å². The molecule has 3 aliphatic carbocycles. The van der Waals surface area contributed by atoms with E-state index >= 15 is 0 Å². The Balaban J connectivity index is 1.37. The van der Waals surface area contributed by atoms with Crippen molar-refractivity contribution < 1.29 is 29.1 Å². The highest BCUT2D eigenvalue weighted by Gasteiger charge is 2.52. The number of likely N-dealkylation sites (tertiary alicyclic amines) is 1. The lowest BCUT2D eigenvalue weighted by molar-refractivity contribution is -0.144. The molecule has 0 aromatic carbocycles. The number of carbonyl (C=O) groups is 5. The standard InChI is InChI=1S/C37H57N7O6/c1-5-10-27(30(46)34(49)41-25-15-16-25)42-33(48)29-26-14-9-11-23(26)20-44(29)35(50)31(36(2,3)4)40-21-37(22-45,24-12-7-6-8-13-24)43-32(47)28-19-38-17-18-39-28/h17-19,22-27,29-31,40,46H,5-16,20-21H2,1-4H3,(H,41,49)(H,42,48)(H,43,47). The second kappa shape index (κ2) is 16.3. The van der Waals surface area contributed by atoms with Gasteiger partial charge in [-0.2, -0.15) is 0 Å². The van der Waals surface area contributed by atoms with Crippen LogP contribution in [0.15, 0.2) is 18.6 Å². The third-order valence-electron chi connectivity index (χ3n) is 11.3. The average Bonchev–Trinajstić information content (AvgIpc) is 3.67. The molecule has 2 heterocycles. The Morgan fingerprint density at radius 2 is 1.76 bits per heavy atom. The maximum Gasteiger partial charge on any atom is 0.272 e. The van der Waals surface area contributed by atoms with Crippen LogP contribution in [0.4, 0.5) is 0 Å². The van der Waals surface area contributed by atoms with E-state index in [1.165, 1.54) is 18.6 Å². The number of amides is 4. The van der Waals surface area contributed by atoms with Crippen LogP contribution in [0.5, 0.6) is 0 Å². The summed E-state index contributed by atoms with van der Waals surface area (Å²) in [5.41, 5.74) is -1.80. The zero-order valence-corrected chi connectivity index (χ0v) is 30.2. The fraction of sp³-hybridized carbons (Fsp3) is 0.757. The van der Waals surface area contributed by atoms with Gasteiger partial charge in [-0.05, 0) is 68.1 Å². The van der Waals surface area contributed by atoms with Crippen LogP contribution in [0, 0.1) is 23.2 Å². The van der Waals surface area contributed by atoms with Crippen LogP contribution in [0.2, 0.25) is 0 Å². The van der Waals surface area contributed by atoms with E-state index in [1.54, 1.807) is 4.90 Å². The molecular formula is C37H57N7O6. The lowest BCUT2D eigenvalue weighted by Gasteiger charge is -2.42. The molecule has 1 aromatic rings. The first-order chi connectivity index (χ1) is 23.9. The second-order valence-corrected chi connectivity index (χ2v) is 16.1. The quantitative estimate of drug-likeness (QED) is 0.172. The van der Waals surface area contributed by atoms with Gasteiger partial charge in [0.1, 0.15) is 23.6 Å². The van der Waals surface area contributed by atoms with Gasteiger partial charge in [0.25, 0.3) is 11.8 Å². The predicted octanol–water partition coefficient (Wildman–Crippen LogP) is 2.28. The number of aromatic nitrogens is 2. The fourth-order valence-electron chi connectivity index (χ4n) is 8.42. The summed E-state index contributed by atoms with van der Waals surface area (Å²) in [6.45, 7) is 8.24. The molecule has 0 bridgehead atoms. The zero-order chi connectivity index (χ0) is 36.1. The van der Waals surface area contributed by atoms with Gasteiger partial charge >= 0.3 is 0 Å². The number of aldehydes is 1. The highest BCUT2D eigenvalue weighted by Crippen LogP contribution is 2.43. The minimum Gasteiger partial charge on any atom is -0.381 e. The van der Waals surface area contributed by atoms with E-state index < -0.39 is 47.0 Å². The number of hydrogen-bond acceptors (Lipinski definition) is 9. The molecule has 1 aliphatic heterocycles. The smallest absolute Gasteiger partial charge is 0.272 e. The van der Waals surface area contributed by atoms with Crippen molar-refractivity contribution in [2.24, 2.45) is 23.2 Å². The van der Waals surface area contributed by atoms with E-state index in [0.29, 0.717) is 19.4 Å². The van der Waals surface area contributed by atoms with E-state index in [9.17, 15) is 29.1 Å². The number of carbonyl (C=O) groups excluding carboxylic acids is 5. The van der Waals surface area contributed by atoms with Gasteiger partial charge in [-0.25, -0.2) is 4.98 Å². The minimum absolute atomic E-state index is 0.0261. The summed E-state index contributed by atoms with van der Waals surface area (Å²) in [6.07, 6.45) is 13.7. The Kier molecular flexibility index (Phi) is 12.3. The van der Waals surface area contributed by atoms with Crippen LogP contribution in [0.1, 0.15) is 115 Å². The maximum atomic E-state index is 14.7. The van der Waals surface area contributed by atoms with Crippen molar-refractivity contribution in [3.05, 3.63) is 24.3 Å². The zero-order valence-electron chi connectivity index (χ0n) is 30.2. The largest absolute Gasteiger partial charge is 0.381 e. The molecule has 4 amide bonds. The van der Waals surface area contributed by atoms with Gasteiger partial charge in [0.15, 0.2) is 6.10 Å². The molecule has 5 N–H and O–H groups in total. The van der Waals surface area contributed by atoms with Gasteiger partial charge < -0.3 is 36.1 Å². The van der Waals surface area contributed by atoms with E-state index in [4.69, 9.17) is 0 Å². The molecule has 13 nitrogen and oxygen atoms in total. The van der Waals surface area contributed by atoms with Crippen LogP contribution in [0.3, 0.4) is 0 Å². The van der Waals surface area contributed by atoms with Gasteiger partial charge in [-0.3, -0.25) is 24.2 Å². The van der Waals surface area contributed by atoms with Gasteiger partial charge in [0.05, 0.1) is 18.3 Å². The molecule has 1 saturated heterocycles. The molecule has 3 saturated carbocycles. The normalized spacial score (nSPS) is 25.5. The Morgan fingerprint density at radius 3 is 2.38 bits per heavy atom. The first-order valence-corrected chi connectivity index (χ1v) is 18.8. The first kappa shape index (κ1) is 37.8. The van der Waals surface area contributed by atoms with Gasteiger partial charge in [-0.15, -0.1) is 0 Å². The van der Waals surface area contributed by atoms with Crippen LogP contribution >= 0.6 is 0 Å². The molecule has 13 heteroatoms. The summed E-state index contributed by atoms with van der Waals surface area (Å²) in [6, 6.07) is -2.23. The molecule has 50 heavy (non-hydrogen) atoms. The summed E-state index contributed by atoms with van der Waals surface area (Å²) in [5.74, 6) is -1.57. The predicted molar refractivity (Wildman–Crippen MR) is 186 cm³/mol. The van der Waals surface area contributed by atoms with Crippen LogP contribution in [-0.4, -0.2) is 98.8 Å². The molecular weight excluding hydrogens is 638 g/mol. The van der Waals surface area contributed by atoms with Crippen molar-refractivity contribution in [1.82, 2.24) is 36.1 Å². The van der Waals surface area contributed by atoms with Crippen molar-refractivity contribution in [3.63, 3.8) is 0 Å². The lowest BCUT2D eigenvalue weighted by atomic mass is 9.74. The number of nitrogens with zero attached hydrogens (tertiary/aromatic N) is 3. The molecule has 0 spiro atoms. The molecule has 0 radical (unpaired) electrons. The summed E-state index contributed by atoms with van der Waals surface area (Å²) < 4.78 is 0. The van der Waals surface area contributed by atoms with Gasteiger partial charge in [0, 0.05) is 31.5 Å².